The van der Waals surface area contributed by atoms with Gasteiger partial charge < -0.3 is 5.11 Å². The molecule has 3 rings (SSSR count). The van der Waals surface area contributed by atoms with E-state index < -0.39 is 0 Å². The maximum atomic E-state index is 10.1. The SMILES string of the molecule is CCCCCCCCc1ccc2cc(-c3ccccc3O)ccc2c1. The predicted molar refractivity (Wildman–Crippen MR) is 108 cm³/mol. The Morgan fingerprint density at radius 3 is 2.28 bits per heavy atom. The van der Waals surface area contributed by atoms with E-state index in [4.69, 9.17) is 0 Å². The van der Waals surface area contributed by atoms with Gasteiger partial charge in [-0.05, 0) is 46.9 Å². The fraction of sp³-hybridized carbons (Fsp3) is 0.333. The predicted octanol–water partition coefficient (Wildman–Crippen LogP) is 7.12. The van der Waals surface area contributed by atoms with E-state index in [-0.39, 0.29) is 0 Å². The van der Waals surface area contributed by atoms with Crippen molar-refractivity contribution in [3.05, 3.63) is 66.2 Å². The zero-order chi connectivity index (χ0) is 17.5. The van der Waals surface area contributed by atoms with E-state index in [1.54, 1.807) is 6.07 Å². The molecule has 0 aromatic heterocycles. The van der Waals surface area contributed by atoms with Crippen LogP contribution >= 0.6 is 0 Å². The van der Waals surface area contributed by atoms with Gasteiger partial charge in [0.1, 0.15) is 5.75 Å². The molecule has 0 aliphatic rings. The van der Waals surface area contributed by atoms with E-state index >= 15 is 0 Å². The largest absolute Gasteiger partial charge is 0.507 e. The molecule has 0 unspecified atom stereocenters. The molecule has 1 nitrogen and oxygen atoms in total. The van der Waals surface area contributed by atoms with E-state index in [1.807, 2.05) is 18.2 Å². The molecule has 0 aliphatic heterocycles. The summed E-state index contributed by atoms with van der Waals surface area (Å²) in [6, 6.07) is 20.7. The highest BCUT2D eigenvalue weighted by molar-refractivity contribution is 5.88. The van der Waals surface area contributed by atoms with Gasteiger partial charge in [0, 0.05) is 5.56 Å². The summed E-state index contributed by atoms with van der Waals surface area (Å²) in [6.45, 7) is 2.26. The van der Waals surface area contributed by atoms with Crippen molar-refractivity contribution in [2.45, 2.75) is 51.9 Å². The number of para-hydroxylation sites is 1. The minimum atomic E-state index is 0.335. The molecule has 3 aromatic rings. The number of fused-ring (bicyclic) bond motifs is 1. The zero-order valence-electron chi connectivity index (χ0n) is 15.2. The number of benzene rings is 3. The summed E-state index contributed by atoms with van der Waals surface area (Å²) >= 11 is 0. The first-order valence-electron chi connectivity index (χ1n) is 9.59. The van der Waals surface area contributed by atoms with Gasteiger partial charge >= 0.3 is 0 Å². The van der Waals surface area contributed by atoms with E-state index in [0.29, 0.717) is 5.75 Å². The monoisotopic (exact) mass is 332 g/mol. The lowest BCUT2D eigenvalue weighted by atomic mass is 9.98. The molecule has 1 heteroatoms. The molecule has 0 amide bonds. The van der Waals surface area contributed by atoms with Gasteiger partial charge in [-0.15, -0.1) is 0 Å². The second kappa shape index (κ2) is 8.71. The summed E-state index contributed by atoms with van der Waals surface area (Å²) in [6.07, 6.45) is 9.22. The van der Waals surface area contributed by atoms with E-state index in [2.05, 4.69) is 43.3 Å². The van der Waals surface area contributed by atoms with Crippen LogP contribution in [0.25, 0.3) is 21.9 Å². The topological polar surface area (TPSA) is 20.2 Å². The second-order valence-electron chi connectivity index (χ2n) is 6.93. The summed E-state index contributed by atoms with van der Waals surface area (Å²) in [4.78, 5) is 0. The summed E-state index contributed by atoms with van der Waals surface area (Å²) in [5, 5.41) is 12.6. The first-order chi connectivity index (χ1) is 12.3. The van der Waals surface area contributed by atoms with Crippen LogP contribution in [0.5, 0.6) is 5.75 Å². The van der Waals surface area contributed by atoms with Crippen LogP contribution in [-0.4, -0.2) is 5.11 Å². The molecular weight excluding hydrogens is 304 g/mol. The van der Waals surface area contributed by atoms with E-state index in [1.165, 1.54) is 61.3 Å². The maximum absolute atomic E-state index is 10.1. The molecule has 3 aromatic carbocycles. The number of hydrogen-bond acceptors (Lipinski definition) is 1. The highest BCUT2D eigenvalue weighted by Gasteiger charge is 2.05. The molecule has 0 spiro atoms. The van der Waals surface area contributed by atoms with E-state index in [0.717, 1.165) is 11.1 Å². The smallest absolute Gasteiger partial charge is 0.123 e. The summed E-state index contributed by atoms with van der Waals surface area (Å²) in [5.74, 6) is 0.335. The Balaban J connectivity index is 1.68. The summed E-state index contributed by atoms with van der Waals surface area (Å²) in [5.41, 5.74) is 3.38. The minimum absolute atomic E-state index is 0.335. The van der Waals surface area contributed by atoms with Crippen LogP contribution < -0.4 is 0 Å². The van der Waals surface area contributed by atoms with Crippen LogP contribution in [0.1, 0.15) is 51.0 Å². The van der Waals surface area contributed by atoms with Gasteiger partial charge in [-0.1, -0.05) is 87.6 Å². The molecule has 0 radical (unpaired) electrons. The van der Waals surface area contributed by atoms with Gasteiger partial charge in [-0.2, -0.15) is 0 Å². The summed E-state index contributed by atoms with van der Waals surface area (Å²) < 4.78 is 0. The molecule has 0 fully saturated rings. The number of unbranched alkanes of at least 4 members (excludes halogenated alkanes) is 5. The number of phenols is 1. The van der Waals surface area contributed by atoms with Crippen molar-refractivity contribution >= 4 is 10.8 Å². The number of aryl methyl sites for hydroxylation is 1. The molecule has 0 saturated heterocycles. The fourth-order valence-corrected chi connectivity index (χ4v) is 3.45. The van der Waals surface area contributed by atoms with Crippen molar-refractivity contribution < 1.29 is 5.11 Å². The maximum Gasteiger partial charge on any atom is 0.123 e. The Morgan fingerprint density at radius 2 is 1.44 bits per heavy atom. The van der Waals surface area contributed by atoms with Gasteiger partial charge in [0.15, 0.2) is 0 Å². The number of rotatable bonds is 8. The van der Waals surface area contributed by atoms with E-state index in [9.17, 15) is 5.11 Å². The third-order valence-electron chi connectivity index (χ3n) is 4.94. The highest BCUT2D eigenvalue weighted by atomic mass is 16.3. The van der Waals surface area contributed by atoms with Crippen LogP contribution in [-0.2, 0) is 6.42 Å². The molecule has 0 heterocycles. The average Bonchev–Trinajstić information content (AvgIpc) is 2.64. The van der Waals surface area contributed by atoms with Gasteiger partial charge in [-0.25, -0.2) is 0 Å². The van der Waals surface area contributed by atoms with Crippen LogP contribution in [0, 0.1) is 0 Å². The second-order valence-corrected chi connectivity index (χ2v) is 6.93. The quantitative estimate of drug-likeness (QED) is 0.435. The Kier molecular flexibility index (Phi) is 6.11. The average molecular weight is 332 g/mol. The van der Waals surface area contributed by atoms with Gasteiger partial charge in [0.05, 0.1) is 0 Å². The third-order valence-corrected chi connectivity index (χ3v) is 4.94. The highest BCUT2D eigenvalue weighted by Crippen LogP contribution is 2.31. The van der Waals surface area contributed by atoms with Crippen LogP contribution in [0.2, 0.25) is 0 Å². The van der Waals surface area contributed by atoms with Crippen LogP contribution in [0.15, 0.2) is 60.7 Å². The van der Waals surface area contributed by atoms with Crippen LogP contribution in [0.3, 0.4) is 0 Å². The lowest BCUT2D eigenvalue weighted by molar-refractivity contribution is 0.477. The molecule has 130 valence electrons. The van der Waals surface area contributed by atoms with Crippen molar-refractivity contribution in [2.24, 2.45) is 0 Å². The lowest BCUT2D eigenvalue weighted by Crippen LogP contribution is -1.87. The van der Waals surface area contributed by atoms with Gasteiger partial charge in [-0.3, -0.25) is 0 Å². The molecule has 1 N–H and O–H groups in total. The molecule has 0 aliphatic carbocycles. The molecule has 0 saturated carbocycles. The number of aromatic hydroxyl groups is 1. The van der Waals surface area contributed by atoms with Gasteiger partial charge in [0.25, 0.3) is 0 Å². The minimum Gasteiger partial charge on any atom is -0.507 e. The van der Waals surface area contributed by atoms with Crippen molar-refractivity contribution in [3.63, 3.8) is 0 Å². The first kappa shape index (κ1) is 17.5. The zero-order valence-corrected chi connectivity index (χ0v) is 15.2. The molecule has 25 heavy (non-hydrogen) atoms. The van der Waals surface area contributed by atoms with Gasteiger partial charge in [0.2, 0.25) is 0 Å². The Hall–Kier alpha value is -2.28. The van der Waals surface area contributed by atoms with Crippen molar-refractivity contribution in [2.75, 3.05) is 0 Å². The molecule has 0 bridgehead atoms. The lowest BCUT2D eigenvalue weighted by Gasteiger charge is -2.08. The Labute approximate surface area is 151 Å². The number of hydrogen-bond donors (Lipinski definition) is 1. The summed E-state index contributed by atoms with van der Waals surface area (Å²) in [7, 11) is 0. The third kappa shape index (κ3) is 4.63. The van der Waals surface area contributed by atoms with Crippen LogP contribution in [0.4, 0.5) is 0 Å². The fourth-order valence-electron chi connectivity index (χ4n) is 3.45. The molecular formula is C24H28O. The Morgan fingerprint density at radius 1 is 0.720 bits per heavy atom. The number of phenolic OH excluding ortho intramolecular Hbond substituents is 1. The molecule has 0 atom stereocenters. The van der Waals surface area contributed by atoms with Crippen molar-refractivity contribution in [3.8, 4) is 16.9 Å². The standard InChI is InChI=1S/C24H28O/c1-2-3-4-5-6-7-10-19-13-14-21-18-22(16-15-20(21)17-19)23-11-8-9-12-24(23)25/h8-9,11-18,25H,2-7,10H2,1H3. The normalized spacial score (nSPS) is 11.1. The van der Waals surface area contributed by atoms with Crippen molar-refractivity contribution in [1.82, 2.24) is 0 Å². The van der Waals surface area contributed by atoms with Crippen molar-refractivity contribution in [1.29, 1.82) is 0 Å². The first-order valence-corrected chi connectivity index (χ1v) is 9.59. The Bertz CT molecular complexity index is 819.